The Morgan fingerprint density at radius 1 is 0.706 bits per heavy atom. The molecule has 17 heavy (non-hydrogen) atoms. The van der Waals surface area contributed by atoms with Crippen LogP contribution >= 0.6 is 23.2 Å². The number of rotatable bonds is 0. The molecule has 0 saturated heterocycles. The van der Waals surface area contributed by atoms with Gasteiger partial charge in [0, 0.05) is 10.0 Å². The summed E-state index contributed by atoms with van der Waals surface area (Å²) in [4.78, 5) is 0. The first kappa shape index (κ1) is 11.1. The molecule has 3 rings (SSSR count). The van der Waals surface area contributed by atoms with Gasteiger partial charge in [-0.15, -0.1) is 0 Å². The highest BCUT2D eigenvalue weighted by molar-refractivity contribution is 6.31. The van der Waals surface area contributed by atoms with E-state index in [2.05, 4.69) is 24.3 Å². The maximum Gasteiger partial charge on any atom is 0.0409 e. The lowest BCUT2D eigenvalue weighted by Crippen LogP contribution is -1.87. The van der Waals surface area contributed by atoms with Gasteiger partial charge in [0.1, 0.15) is 0 Å². The highest BCUT2D eigenvalue weighted by Gasteiger charge is 2.14. The summed E-state index contributed by atoms with van der Waals surface area (Å²) >= 11 is 12.1. The minimum Gasteiger partial charge on any atom is -0.0843 e. The Morgan fingerprint density at radius 2 is 1.18 bits per heavy atom. The van der Waals surface area contributed by atoms with Crippen LogP contribution in [0.15, 0.2) is 36.4 Å². The first-order valence-electron chi connectivity index (χ1n) is 5.81. The molecule has 0 spiro atoms. The fourth-order valence-corrected chi connectivity index (χ4v) is 2.92. The average Bonchev–Trinajstić information content (AvgIpc) is 2.47. The van der Waals surface area contributed by atoms with Crippen LogP contribution in [0.3, 0.4) is 0 Å². The summed E-state index contributed by atoms with van der Waals surface area (Å²) in [7, 11) is 0. The molecule has 0 radical (unpaired) electrons. The molecule has 0 fully saturated rings. The highest BCUT2D eigenvalue weighted by Crippen LogP contribution is 2.35. The van der Waals surface area contributed by atoms with E-state index in [1.54, 1.807) is 0 Å². The van der Waals surface area contributed by atoms with Crippen molar-refractivity contribution in [2.24, 2.45) is 0 Å². The number of fused-ring (bicyclic) bond motifs is 3. The fourth-order valence-electron chi connectivity index (χ4n) is 2.53. The topological polar surface area (TPSA) is 0 Å². The van der Waals surface area contributed by atoms with Crippen molar-refractivity contribution < 1.29 is 0 Å². The highest BCUT2D eigenvalue weighted by atomic mass is 35.5. The summed E-state index contributed by atoms with van der Waals surface area (Å²) in [6.45, 7) is 0. The van der Waals surface area contributed by atoms with E-state index in [1.807, 2.05) is 12.1 Å². The molecule has 0 nitrogen and oxygen atoms in total. The van der Waals surface area contributed by atoms with Crippen molar-refractivity contribution >= 4 is 23.2 Å². The zero-order valence-corrected chi connectivity index (χ0v) is 10.9. The van der Waals surface area contributed by atoms with E-state index in [1.165, 1.54) is 22.3 Å². The molecule has 0 unspecified atom stereocenters. The van der Waals surface area contributed by atoms with Gasteiger partial charge in [-0.3, -0.25) is 0 Å². The molecule has 2 heteroatoms. The molecule has 0 atom stereocenters. The molecule has 1 aliphatic carbocycles. The molecular weight excluding hydrogens is 251 g/mol. The van der Waals surface area contributed by atoms with Crippen LogP contribution in [-0.4, -0.2) is 0 Å². The van der Waals surface area contributed by atoms with Gasteiger partial charge < -0.3 is 0 Å². The van der Waals surface area contributed by atoms with Gasteiger partial charge in [-0.25, -0.2) is 0 Å². The van der Waals surface area contributed by atoms with Crippen LogP contribution in [0.2, 0.25) is 10.0 Å². The largest absolute Gasteiger partial charge is 0.0843 e. The minimum atomic E-state index is 0.821. The number of aryl methyl sites for hydroxylation is 2. The van der Waals surface area contributed by atoms with Crippen molar-refractivity contribution in [2.45, 2.75) is 19.3 Å². The van der Waals surface area contributed by atoms with Crippen LogP contribution in [0.1, 0.15) is 17.5 Å². The Bertz CT molecular complexity index is 522. The third-order valence-corrected chi connectivity index (χ3v) is 3.79. The third kappa shape index (κ3) is 2.08. The molecule has 0 bridgehead atoms. The molecule has 0 aromatic heterocycles. The molecule has 0 aliphatic heterocycles. The molecule has 2 aromatic carbocycles. The van der Waals surface area contributed by atoms with Gasteiger partial charge in [0.05, 0.1) is 0 Å². The van der Waals surface area contributed by atoms with Crippen LogP contribution < -0.4 is 0 Å². The van der Waals surface area contributed by atoms with Crippen molar-refractivity contribution in [3.05, 3.63) is 57.6 Å². The summed E-state index contributed by atoms with van der Waals surface area (Å²) < 4.78 is 0. The maximum absolute atomic E-state index is 6.06. The maximum atomic E-state index is 6.06. The van der Waals surface area contributed by atoms with E-state index < -0.39 is 0 Å². The van der Waals surface area contributed by atoms with Crippen LogP contribution in [0.5, 0.6) is 0 Å². The van der Waals surface area contributed by atoms with E-state index in [0.29, 0.717) is 0 Å². The van der Waals surface area contributed by atoms with Gasteiger partial charge in [-0.2, -0.15) is 0 Å². The van der Waals surface area contributed by atoms with Crippen molar-refractivity contribution in [2.75, 3.05) is 0 Å². The Hall–Kier alpha value is -0.980. The lowest BCUT2D eigenvalue weighted by atomic mass is 9.97. The van der Waals surface area contributed by atoms with E-state index in [0.717, 1.165) is 29.3 Å². The second-order valence-electron chi connectivity index (χ2n) is 4.46. The smallest absolute Gasteiger partial charge is 0.0409 e. The Kier molecular flexibility index (Phi) is 2.85. The SMILES string of the molecule is Clc1ccc2c(c1)CCCc1cc(Cl)ccc1-2. The zero-order chi connectivity index (χ0) is 11.8. The molecule has 1 aliphatic rings. The molecule has 0 heterocycles. The summed E-state index contributed by atoms with van der Waals surface area (Å²) in [6.07, 6.45) is 3.32. The number of hydrogen-bond acceptors (Lipinski definition) is 0. The van der Waals surface area contributed by atoms with Crippen molar-refractivity contribution in [3.63, 3.8) is 0 Å². The van der Waals surface area contributed by atoms with Crippen LogP contribution in [0.25, 0.3) is 11.1 Å². The lowest BCUT2D eigenvalue weighted by Gasteiger charge is -2.09. The Morgan fingerprint density at radius 3 is 1.65 bits per heavy atom. The van der Waals surface area contributed by atoms with Gasteiger partial charge in [0.2, 0.25) is 0 Å². The average molecular weight is 263 g/mol. The number of halogens is 2. The molecule has 0 N–H and O–H groups in total. The predicted molar refractivity (Wildman–Crippen MR) is 73.9 cm³/mol. The monoisotopic (exact) mass is 262 g/mol. The molecular formula is C15H12Cl2. The number of benzene rings is 2. The van der Waals surface area contributed by atoms with E-state index in [4.69, 9.17) is 23.2 Å². The van der Waals surface area contributed by atoms with Crippen molar-refractivity contribution in [1.82, 2.24) is 0 Å². The minimum absolute atomic E-state index is 0.821. The fraction of sp³-hybridized carbons (Fsp3) is 0.200. The third-order valence-electron chi connectivity index (χ3n) is 3.32. The zero-order valence-electron chi connectivity index (χ0n) is 9.34. The van der Waals surface area contributed by atoms with E-state index in [9.17, 15) is 0 Å². The van der Waals surface area contributed by atoms with Gasteiger partial charge in [-0.1, -0.05) is 35.3 Å². The Labute approximate surface area is 111 Å². The van der Waals surface area contributed by atoms with Gasteiger partial charge in [0.25, 0.3) is 0 Å². The van der Waals surface area contributed by atoms with Crippen LogP contribution in [0, 0.1) is 0 Å². The summed E-state index contributed by atoms with van der Waals surface area (Å²) in [5.41, 5.74) is 5.30. The standard InChI is InChI=1S/C15H12Cl2/c16-12-4-6-14-10(8-12)2-1-3-11-9-13(17)5-7-15(11)14/h4-9H,1-3H2. The molecule has 2 aromatic rings. The predicted octanol–water partition coefficient (Wildman–Crippen LogP) is 5.15. The van der Waals surface area contributed by atoms with Gasteiger partial charge in [-0.05, 0) is 65.8 Å². The van der Waals surface area contributed by atoms with E-state index >= 15 is 0 Å². The van der Waals surface area contributed by atoms with Crippen LogP contribution in [0.4, 0.5) is 0 Å². The van der Waals surface area contributed by atoms with Crippen LogP contribution in [-0.2, 0) is 12.8 Å². The van der Waals surface area contributed by atoms with Crippen molar-refractivity contribution in [1.29, 1.82) is 0 Å². The summed E-state index contributed by atoms with van der Waals surface area (Å²) in [5, 5.41) is 1.64. The van der Waals surface area contributed by atoms with Gasteiger partial charge in [0.15, 0.2) is 0 Å². The summed E-state index contributed by atoms with van der Waals surface area (Å²) in [5.74, 6) is 0. The first-order chi connectivity index (χ1) is 8.24. The molecule has 0 saturated carbocycles. The molecule has 0 amide bonds. The second-order valence-corrected chi connectivity index (χ2v) is 5.33. The normalized spacial score (nSPS) is 13.8. The van der Waals surface area contributed by atoms with Crippen molar-refractivity contribution in [3.8, 4) is 11.1 Å². The summed E-state index contributed by atoms with van der Waals surface area (Å²) in [6, 6.07) is 12.3. The van der Waals surface area contributed by atoms with E-state index in [-0.39, 0.29) is 0 Å². The number of hydrogen-bond donors (Lipinski definition) is 0. The second kappa shape index (κ2) is 4.36. The molecule has 86 valence electrons. The first-order valence-corrected chi connectivity index (χ1v) is 6.57. The van der Waals surface area contributed by atoms with Gasteiger partial charge >= 0.3 is 0 Å². The Balaban J connectivity index is 2.24. The quantitative estimate of drug-likeness (QED) is 0.616. The lowest BCUT2D eigenvalue weighted by molar-refractivity contribution is 0.835.